The minimum absolute atomic E-state index is 0.349. The van der Waals surface area contributed by atoms with Gasteiger partial charge in [0.2, 0.25) is 0 Å². The summed E-state index contributed by atoms with van der Waals surface area (Å²) in [5.41, 5.74) is 5.72. The lowest BCUT2D eigenvalue weighted by Gasteiger charge is -2.08. The molecule has 0 unspecified atom stereocenters. The highest BCUT2D eigenvalue weighted by atomic mass is 15.0. The number of nitrogens with zero attached hydrogens (tertiary/aromatic N) is 3. The van der Waals surface area contributed by atoms with Gasteiger partial charge in [0, 0.05) is 28.7 Å². The zero-order valence-electron chi connectivity index (χ0n) is 15.1. The summed E-state index contributed by atoms with van der Waals surface area (Å²) in [6, 6.07) is 17.0. The molecule has 2 aromatic heterocycles. The number of aromatic amines is 1. The number of hydrogen-bond acceptors (Lipinski definition) is 2. The molecule has 0 radical (unpaired) electrons. The molecule has 0 atom stereocenters. The summed E-state index contributed by atoms with van der Waals surface area (Å²) in [5.74, 6) is 0.606. The number of benzene rings is 2. The van der Waals surface area contributed by atoms with Crippen molar-refractivity contribution in [3.05, 3.63) is 65.6 Å². The van der Waals surface area contributed by atoms with Crippen LogP contribution in [0.25, 0.3) is 33.6 Å². The van der Waals surface area contributed by atoms with Crippen molar-refractivity contribution in [1.29, 1.82) is 5.26 Å². The standard InChI is InChI=1S/C22H20N4/c1-14(2)26-13-17(18-6-4-5-7-21(18)26)11-16(12-23)22-24-19-9-8-15(3)10-20(19)25-22/h4-11,13-14H,1-3H3,(H,24,25). The number of rotatable bonds is 3. The SMILES string of the molecule is Cc1ccc2nc(C(C#N)=Cc3cn(C(C)C)c4ccccc34)[nH]c2c1. The van der Waals surface area contributed by atoms with Crippen LogP contribution in [0, 0.1) is 18.3 Å². The minimum atomic E-state index is 0.349. The molecule has 0 saturated heterocycles. The average molecular weight is 340 g/mol. The second-order valence-electron chi connectivity index (χ2n) is 6.88. The molecule has 0 fully saturated rings. The first-order valence-corrected chi connectivity index (χ1v) is 8.75. The highest BCUT2D eigenvalue weighted by Gasteiger charge is 2.12. The second kappa shape index (κ2) is 6.20. The summed E-state index contributed by atoms with van der Waals surface area (Å²) in [6.45, 7) is 6.36. The molecule has 26 heavy (non-hydrogen) atoms. The van der Waals surface area contributed by atoms with Gasteiger partial charge in [-0.25, -0.2) is 4.98 Å². The van der Waals surface area contributed by atoms with E-state index >= 15 is 0 Å². The number of hydrogen-bond donors (Lipinski definition) is 1. The van der Waals surface area contributed by atoms with Gasteiger partial charge in [0.1, 0.15) is 11.9 Å². The number of H-pyrrole nitrogens is 1. The summed E-state index contributed by atoms with van der Waals surface area (Å²) in [6.07, 6.45) is 4.03. The van der Waals surface area contributed by atoms with Gasteiger partial charge < -0.3 is 9.55 Å². The zero-order chi connectivity index (χ0) is 18.3. The number of imidazole rings is 1. The molecule has 0 amide bonds. The molecule has 4 aromatic rings. The van der Waals surface area contributed by atoms with E-state index < -0.39 is 0 Å². The molecule has 2 heterocycles. The van der Waals surface area contributed by atoms with Gasteiger partial charge in [-0.1, -0.05) is 24.3 Å². The van der Waals surface area contributed by atoms with E-state index in [9.17, 15) is 5.26 Å². The summed E-state index contributed by atoms with van der Waals surface area (Å²) < 4.78 is 2.23. The molecule has 4 rings (SSSR count). The Bertz CT molecular complexity index is 1180. The van der Waals surface area contributed by atoms with Crippen LogP contribution in [0.3, 0.4) is 0 Å². The van der Waals surface area contributed by atoms with E-state index in [0.717, 1.165) is 27.5 Å². The molecule has 0 saturated carbocycles. The molecule has 1 N–H and O–H groups in total. The molecule has 0 aliphatic carbocycles. The van der Waals surface area contributed by atoms with E-state index in [0.29, 0.717) is 17.4 Å². The maximum absolute atomic E-state index is 9.72. The van der Waals surface area contributed by atoms with Crippen LogP contribution in [-0.2, 0) is 0 Å². The van der Waals surface area contributed by atoms with Crippen molar-refractivity contribution >= 4 is 33.6 Å². The van der Waals surface area contributed by atoms with Crippen molar-refractivity contribution in [1.82, 2.24) is 14.5 Å². The zero-order valence-corrected chi connectivity index (χ0v) is 15.1. The predicted octanol–water partition coefficient (Wildman–Crippen LogP) is 5.47. The summed E-state index contributed by atoms with van der Waals surface area (Å²) >= 11 is 0. The van der Waals surface area contributed by atoms with E-state index in [1.54, 1.807) is 0 Å². The van der Waals surface area contributed by atoms with E-state index in [1.165, 1.54) is 5.52 Å². The average Bonchev–Trinajstić information content (AvgIpc) is 3.20. The number of nitrogens with one attached hydrogen (secondary N) is 1. The number of nitriles is 1. The van der Waals surface area contributed by atoms with Gasteiger partial charge in [0.15, 0.2) is 0 Å². The van der Waals surface area contributed by atoms with Crippen molar-refractivity contribution in [2.45, 2.75) is 26.8 Å². The maximum atomic E-state index is 9.72. The summed E-state index contributed by atoms with van der Waals surface area (Å²) in [5, 5.41) is 10.9. The summed E-state index contributed by atoms with van der Waals surface area (Å²) in [4.78, 5) is 7.87. The third-order valence-corrected chi connectivity index (χ3v) is 4.64. The maximum Gasteiger partial charge on any atom is 0.149 e. The smallest absolute Gasteiger partial charge is 0.149 e. The molecule has 0 spiro atoms. The Labute approximate surface area is 152 Å². The molecule has 4 nitrogen and oxygen atoms in total. The Kier molecular flexibility index (Phi) is 3.85. The lowest BCUT2D eigenvalue weighted by molar-refractivity contribution is 0.622. The van der Waals surface area contributed by atoms with Crippen LogP contribution in [0.1, 0.15) is 36.8 Å². The van der Waals surface area contributed by atoms with Crippen molar-refractivity contribution in [2.24, 2.45) is 0 Å². The van der Waals surface area contributed by atoms with E-state index in [-0.39, 0.29) is 0 Å². The van der Waals surface area contributed by atoms with Crippen LogP contribution < -0.4 is 0 Å². The van der Waals surface area contributed by atoms with Crippen LogP contribution in [-0.4, -0.2) is 14.5 Å². The van der Waals surface area contributed by atoms with Crippen molar-refractivity contribution < 1.29 is 0 Å². The Hall–Kier alpha value is -3.32. The number of fused-ring (bicyclic) bond motifs is 2. The fraction of sp³-hybridized carbons (Fsp3) is 0.182. The molecule has 0 aliphatic heterocycles. The van der Waals surface area contributed by atoms with Crippen LogP contribution in [0.4, 0.5) is 0 Å². The molecule has 4 heteroatoms. The first-order valence-electron chi connectivity index (χ1n) is 8.75. The topological polar surface area (TPSA) is 57.4 Å². The van der Waals surface area contributed by atoms with Gasteiger partial charge in [0.05, 0.1) is 16.6 Å². The van der Waals surface area contributed by atoms with Gasteiger partial charge in [-0.2, -0.15) is 5.26 Å². The third-order valence-electron chi connectivity index (χ3n) is 4.64. The highest BCUT2D eigenvalue weighted by molar-refractivity contribution is 5.98. The Balaban J connectivity index is 1.88. The van der Waals surface area contributed by atoms with Gasteiger partial charge in [0.25, 0.3) is 0 Å². The highest BCUT2D eigenvalue weighted by Crippen LogP contribution is 2.28. The van der Waals surface area contributed by atoms with Gasteiger partial charge >= 0.3 is 0 Å². The van der Waals surface area contributed by atoms with Gasteiger partial charge in [-0.05, 0) is 50.6 Å². The molecule has 2 aromatic carbocycles. The number of aryl methyl sites for hydroxylation is 1. The quantitative estimate of drug-likeness (QED) is 0.503. The fourth-order valence-electron chi connectivity index (χ4n) is 3.33. The first-order chi connectivity index (χ1) is 12.6. The number of aromatic nitrogens is 3. The Morgan fingerprint density at radius 2 is 2.04 bits per heavy atom. The van der Waals surface area contributed by atoms with Crippen molar-refractivity contribution in [2.75, 3.05) is 0 Å². The van der Waals surface area contributed by atoms with E-state index in [4.69, 9.17) is 0 Å². The monoisotopic (exact) mass is 340 g/mol. The first kappa shape index (κ1) is 16.2. The molecular formula is C22H20N4. The second-order valence-corrected chi connectivity index (χ2v) is 6.88. The lowest BCUT2D eigenvalue weighted by atomic mass is 10.1. The molecule has 0 bridgehead atoms. The number of para-hydroxylation sites is 1. The van der Waals surface area contributed by atoms with Gasteiger partial charge in [-0.15, -0.1) is 0 Å². The Morgan fingerprint density at radius 1 is 1.23 bits per heavy atom. The third kappa shape index (κ3) is 2.68. The van der Waals surface area contributed by atoms with Crippen LogP contribution in [0.2, 0.25) is 0 Å². The predicted molar refractivity (Wildman–Crippen MR) is 107 cm³/mol. The van der Waals surface area contributed by atoms with Crippen LogP contribution >= 0.6 is 0 Å². The Morgan fingerprint density at radius 3 is 2.81 bits per heavy atom. The van der Waals surface area contributed by atoms with Crippen molar-refractivity contribution in [3.63, 3.8) is 0 Å². The normalized spacial score (nSPS) is 12.2. The van der Waals surface area contributed by atoms with Crippen molar-refractivity contribution in [3.8, 4) is 6.07 Å². The molecule has 0 aliphatic rings. The minimum Gasteiger partial charge on any atom is -0.344 e. The fourth-order valence-corrected chi connectivity index (χ4v) is 3.33. The van der Waals surface area contributed by atoms with Crippen LogP contribution in [0.5, 0.6) is 0 Å². The van der Waals surface area contributed by atoms with E-state index in [2.05, 4.69) is 52.8 Å². The lowest BCUT2D eigenvalue weighted by Crippen LogP contribution is -1.97. The largest absolute Gasteiger partial charge is 0.344 e. The van der Waals surface area contributed by atoms with Crippen LogP contribution in [0.15, 0.2) is 48.7 Å². The summed E-state index contributed by atoms with van der Waals surface area (Å²) in [7, 11) is 0. The molecule has 128 valence electrons. The molecular weight excluding hydrogens is 320 g/mol. The van der Waals surface area contributed by atoms with E-state index in [1.807, 2.05) is 43.3 Å². The number of allylic oxidation sites excluding steroid dienone is 1. The van der Waals surface area contributed by atoms with Gasteiger partial charge in [-0.3, -0.25) is 0 Å².